The molecule has 2 aliphatic rings. The molecule has 0 unspecified atom stereocenters. The quantitative estimate of drug-likeness (QED) is 0.564. The number of ether oxygens (including phenoxy) is 2. The lowest BCUT2D eigenvalue weighted by Crippen LogP contribution is -2.39. The monoisotopic (exact) mass is 461 g/mol. The Hall–Kier alpha value is -3.56. The predicted molar refractivity (Wildman–Crippen MR) is 124 cm³/mol. The van der Waals surface area contributed by atoms with E-state index in [-0.39, 0.29) is 23.7 Å². The van der Waals surface area contributed by atoms with Gasteiger partial charge in [0.25, 0.3) is 0 Å². The Morgan fingerprint density at radius 2 is 2.00 bits per heavy atom. The smallest absolute Gasteiger partial charge is 0.360 e. The summed E-state index contributed by atoms with van der Waals surface area (Å²) in [6, 6.07) is 13.6. The maximum absolute atomic E-state index is 13.4. The minimum Gasteiger partial charge on any atom is -0.464 e. The summed E-state index contributed by atoms with van der Waals surface area (Å²) in [5.74, 6) is -0.598. The molecule has 5 rings (SSSR count). The van der Waals surface area contributed by atoms with Crippen LogP contribution in [-0.4, -0.2) is 51.5 Å². The van der Waals surface area contributed by atoms with Crippen LogP contribution in [0.4, 0.5) is 5.69 Å². The maximum Gasteiger partial charge on any atom is 0.360 e. The Labute approximate surface area is 197 Å². The van der Waals surface area contributed by atoms with E-state index < -0.39 is 5.97 Å². The van der Waals surface area contributed by atoms with Crippen LogP contribution in [-0.2, 0) is 34.0 Å². The highest BCUT2D eigenvalue weighted by atomic mass is 16.5. The van der Waals surface area contributed by atoms with E-state index in [1.54, 1.807) is 10.9 Å². The number of aryl methyl sites for hydroxylation is 1. The van der Waals surface area contributed by atoms with Gasteiger partial charge >= 0.3 is 5.97 Å². The van der Waals surface area contributed by atoms with Crippen molar-refractivity contribution in [3.63, 3.8) is 0 Å². The largest absolute Gasteiger partial charge is 0.464 e. The number of methoxy groups -OCH3 is 1. The topological polar surface area (TPSA) is 98.6 Å². The van der Waals surface area contributed by atoms with E-state index in [9.17, 15) is 9.59 Å². The molecule has 1 fully saturated rings. The number of amides is 1. The van der Waals surface area contributed by atoms with Crippen LogP contribution in [0.25, 0.3) is 0 Å². The van der Waals surface area contributed by atoms with E-state index in [4.69, 9.17) is 9.47 Å². The second-order valence-electron chi connectivity index (χ2n) is 8.80. The fraction of sp³-hybridized carbons (Fsp3) is 0.360. The molecule has 2 aromatic carbocycles. The molecule has 34 heavy (non-hydrogen) atoms. The molecule has 0 radical (unpaired) electrons. The highest BCUT2D eigenvalue weighted by molar-refractivity contribution is 5.95. The number of nitrogens with zero attached hydrogens (tertiary/aromatic N) is 4. The van der Waals surface area contributed by atoms with E-state index in [0.717, 1.165) is 16.8 Å². The van der Waals surface area contributed by atoms with Crippen LogP contribution in [0.1, 0.15) is 45.2 Å². The third-order valence-corrected chi connectivity index (χ3v) is 6.59. The Balaban J connectivity index is 1.37. The van der Waals surface area contributed by atoms with Crippen molar-refractivity contribution in [1.29, 1.82) is 0 Å². The van der Waals surface area contributed by atoms with Crippen LogP contribution in [0.15, 0.2) is 48.7 Å². The van der Waals surface area contributed by atoms with Crippen molar-refractivity contribution in [3.8, 4) is 0 Å². The van der Waals surface area contributed by atoms with Gasteiger partial charge < -0.3 is 14.8 Å². The summed E-state index contributed by atoms with van der Waals surface area (Å²) in [4.78, 5) is 27.4. The first kappa shape index (κ1) is 22.2. The number of nitrogens with one attached hydrogen (secondary N) is 1. The van der Waals surface area contributed by atoms with Crippen LogP contribution in [0.3, 0.4) is 0 Å². The Kier molecular flexibility index (Phi) is 6.12. The van der Waals surface area contributed by atoms with E-state index in [1.807, 2.05) is 30.3 Å². The Bertz CT molecular complexity index is 1220. The normalized spacial score (nSPS) is 19.7. The number of aromatic nitrogens is 3. The van der Waals surface area contributed by atoms with Crippen LogP contribution in [0.2, 0.25) is 0 Å². The van der Waals surface area contributed by atoms with Crippen molar-refractivity contribution in [3.05, 3.63) is 76.6 Å². The third-order valence-electron chi connectivity index (χ3n) is 6.59. The van der Waals surface area contributed by atoms with Crippen LogP contribution < -0.4 is 5.32 Å². The van der Waals surface area contributed by atoms with Crippen molar-refractivity contribution in [2.24, 2.45) is 0 Å². The minimum absolute atomic E-state index is 0.0664. The van der Waals surface area contributed by atoms with Crippen LogP contribution >= 0.6 is 0 Å². The van der Waals surface area contributed by atoms with Gasteiger partial charge in [0.05, 0.1) is 38.6 Å². The second-order valence-corrected chi connectivity index (χ2v) is 8.80. The summed E-state index contributed by atoms with van der Waals surface area (Å²) < 4.78 is 11.9. The molecule has 2 aliphatic heterocycles. The molecule has 9 heteroatoms. The molecule has 1 amide bonds. The molecular weight excluding hydrogens is 434 g/mol. The van der Waals surface area contributed by atoms with E-state index in [1.165, 1.54) is 18.2 Å². The number of carbonyl (C=O) groups excluding carboxylic acids is 2. The molecule has 2 atom stereocenters. The molecule has 0 aliphatic carbocycles. The van der Waals surface area contributed by atoms with Gasteiger partial charge in [-0.3, -0.25) is 9.69 Å². The highest BCUT2D eigenvalue weighted by Gasteiger charge is 2.38. The van der Waals surface area contributed by atoms with Gasteiger partial charge in [-0.05, 0) is 47.7 Å². The first-order valence-corrected chi connectivity index (χ1v) is 11.3. The zero-order valence-electron chi connectivity index (χ0n) is 19.2. The van der Waals surface area contributed by atoms with Crippen LogP contribution in [0, 0.1) is 6.92 Å². The molecular formula is C25H27N5O4. The average molecular weight is 462 g/mol. The fourth-order valence-electron chi connectivity index (χ4n) is 4.65. The molecule has 1 N–H and O–H groups in total. The number of likely N-dealkylation sites (tertiary alicyclic amines) is 1. The fourth-order valence-corrected chi connectivity index (χ4v) is 4.65. The molecule has 3 aromatic rings. The number of fused-ring (bicyclic) bond motifs is 1. The molecule has 3 heterocycles. The molecule has 0 bridgehead atoms. The molecule has 1 saturated heterocycles. The molecule has 9 nitrogen and oxygen atoms in total. The highest BCUT2D eigenvalue weighted by Crippen LogP contribution is 2.31. The number of hydrogen-bond acceptors (Lipinski definition) is 7. The zero-order chi connectivity index (χ0) is 23.7. The Morgan fingerprint density at radius 3 is 2.82 bits per heavy atom. The van der Waals surface area contributed by atoms with Crippen molar-refractivity contribution in [1.82, 2.24) is 19.9 Å². The van der Waals surface area contributed by atoms with E-state index in [0.29, 0.717) is 32.7 Å². The molecule has 0 saturated carbocycles. The van der Waals surface area contributed by atoms with Gasteiger partial charge in [0, 0.05) is 18.8 Å². The van der Waals surface area contributed by atoms with Crippen molar-refractivity contribution >= 4 is 17.6 Å². The minimum atomic E-state index is -0.532. The van der Waals surface area contributed by atoms with E-state index >= 15 is 0 Å². The first-order valence-electron chi connectivity index (χ1n) is 11.3. The number of hydrogen-bond donors (Lipinski definition) is 1. The SMILES string of the molecule is COC(=O)c1cn([C@@H]2C[C@@H](C(=O)Nc3ccc4c(c3)COC4)N(Cc3ccccc3C)C2)nn1. The third kappa shape index (κ3) is 4.44. The number of benzene rings is 2. The lowest BCUT2D eigenvalue weighted by molar-refractivity contribution is -0.120. The lowest BCUT2D eigenvalue weighted by atomic mass is 10.1. The standard InChI is InChI=1S/C25H27N5O4/c1-16-5-3-4-6-17(16)11-29-12-21(30-13-22(27-28-30)25(32)33-2)10-23(29)24(31)26-20-8-7-18-14-34-15-19(18)9-20/h3-9,13,21,23H,10-12,14-15H2,1-2H3,(H,26,31)/t21-,23+/m1/s1. The predicted octanol–water partition coefficient (Wildman–Crippen LogP) is 2.86. The lowest BCUT2D eigenvalue weighted by Gasteiger charge is -2.24. The maximum atomic E-state index is 13.4. The van der Waals surface area contributed by atoms with Crippen molar-refractivity contribution in [2.45, 2.75) is 45.2 Å². The average Bonchev–Trinajstić information content (AvgIpc) is 3.59. The zero-order valence-corrected chi connectivity index (χ0v) is 19.2. The number of anilines is 1. The van der Waals surface area contributed by atoms with Crippen molar-refractivity contribution in [2.75, 3.05) is 19.0 Å². The van der Waals surface area contributed by atoms with Gasteiger partial charge in [-0.1, -0.05) is 35.5 Å². The summed E-state index contributed by atoms with van der Waals surface area (Å²) in [5.41, 5.74) is 5.54. The van der Waals surface area contributed by atoms with Gasteiger partial charge in [-0.15, -0.1) is 5.10 Å². The van der Waals surface area contributed by atoms with Crippen LogP contribution in [0.5, 0.6) is 0 Å². The Morgan fingerprint density at radius 1 is 1.18 bits per heavy atom. The summed E-state index contributed by atoms with van der Waals surface area (Å²) >= 11 is 0. The molecule has 176 valence electrons. The second kappa shape index (κ2) is 9.36. The number of rotatable bonds is 6. The van der Waals surface area contributed by atoms with Gasteiger partial charge in [-0.2, -0.15) is 0 Å². The van der Waals surface area contributed by atoms with Gasteiger partial charge in [0.1, 0.15) is 0 Å². The summed E-state index contributed by atoms with van der Waals surface area (Å²) in [6.07, 6.45) is 2.14. The summed E-state index contributed by atoms with van der Waals surface area (Å²) in [5, 5.41) is 11.2. The molecule has 1 aromatic heterocycles. The van der Waals surface area contributed by atoms with Gasteiger partial charge in [0.15, 0.2) is 5.69 Å². The van der Waals surface area contributed by atoms with E-state index in [2.05, 4.69) is 39.6 Å². The molecule has 0 spiro atoms. The summed E-state index contributed by atoms with van der Waals surface area (Å²) in [6.45, 7) is 4.50. The summed E-state index contributed by atoms with van der Waals surface area (Å²) in [7, 11) is 1.31. The van der Waals surface area contributed by atoms with Gasteiger partial charge in [0.2, 0.25) is 5.91 Å². The van der Waals surface area contributed by atoms with Gasteiger partial charge in [-0.25, -0.2) is 9.48 Å². The number of carbonyl (C=O) groups is 2. The first-order chi connectivity index (χ1) is 16.5. The van der Waals surface area contributed by atoms with Crippen molar-refractivity contribution < 1.29 is 19.1 Å². The number of esters is 1.